The van der Waals surface area contributed by atoms with Crippen LogP contribution in [0.4, 0.5) is 0 Å². The third-order valence-corrected chi connectivity index (χ3v) is 5.66. The van der Waals surface area contributed by atoms with Crippen molar-refractivity contribution in [1.29, 1.82) is 0 Å². The molecule has 0 radical (unpaired) electrons. The predicted molar refractivity (Wildman–Crippen MR) is 57.7 cm³/mol. The molecule has 1 aliphatic rings. The van der Waals surface area contributed by atoms with Crippen molar-refractivity contribution in [2.24, 2.45) is 0 Å². The van der Waals surface area contributed by atoms with Gasteiger partial charge < -0.3 is 0 Å². The van der Waals surface area contributed by atoms with Gasteiger partial charge >= 0.3 is 0 Å². The highest BCUT2D eigenvalue weighted by Gasteiger charge is 2.30. The summed E-state index contributed by atoms with van der Waals surface area (Å²) in [6, 6.07) is 0. The van der Waals surface area contributed by atoms with Crippen LogP contribution in [0.3, 0.4) is 0 Å². The van der Waals surface area contributed by atoms with Crippen LogP contribution in [-0.4, -0.2) is 24.9 Å². The summed E-state index contributed by atoms with van der Waals surface area (Å²) in [6.07, 6.45) is 2.44. The summed E-state index contributed by atoms with van der Waals surface area (Å²) in [5.74, 6) is 1.11. The first-order valence-corrected chi connectivity index (χ1v) is 7.49. The van der Waals surface area contributed by atoms with Gasteiger partial charge in [0, 0.05) is 17.0 Å². The lowest BCUT2D eigenvalue weighted by atomic mass is 10.1. The smallest absolute Gasteiger partial charge is 0.151 e. The van der Waals surface area contributed by atoms with E-state index in [1.807, 2.05) is 0 Å². The van der Waals surface area contributed by atoms with Crippen molar-refractivity contribution in [3.8, 4) is 0 Å². The van der Waals surface area contributed by atoms with Crippen LogP contribution in [0, 0.1) is 0 Å². The summed E-state index contributed by atoms with van der Waals surface area (Å²) < 4.78 is 22.5. The molecule has 1 aromatic rings. The molecule has 0 spiro atoms. The van der Waals surface area contributed by atoms with Crippen LogP contribution >= 0.6 is 22.9 Å². The second kappa shape index (κ2) is 3.79. The van der Waals surface area contributed by atoms with Gasteiger partial charge in [-0.3, -0.25) is 0 Å². The molecule has 1 unspecified atom stereocenters. The van der Waals surface area contributed by atoms with E-state index in [-0.39, 0.29) is 11.7 Å². The van der Waals surface area contributed by atoms with Crippen LogP contribution < -0.4 is 0 Å². The summed E-state index contributed by atoms with van der Waals surface area (Å²) in [7, 11) is -2.81. The fraction of sp³-hybridized carbons (Fsp3) is 0.625. The number of halogens is 1. The number of nitrogens with zero attached hydrogens (tertiary/aromatic N) is 1. The fourth-order valence-corrected chi connectivity index (χ4v) is 4.55. The van der Waals surface area contributed by atoms with E-state index in [1.165, 1.54) is 11.3 Å². The van der Waals surface area contributed by atoms with E-state index < -0.39 is 9.84 Å². The molecule has 0 aromatic carbocycles. The van der Waals surface area contributed by atoms with Crippen molar-refractivity contribution in [1.82, 2.24) is 4.98 Å². The summed E-state index contributed by atoms with van der Waals surface area (Å²) in [6.45, 7) is 0. The maximum absolute atomic E-state index is 11.2. The minimum atomic E-state index is -2.81. The van der Waals surface area contributed by atoms with Gasteiger partial charge in [0.25, 0.3) is 0 Å². The minimum Gasteiger partial charge on any atom is -0.249 e. The van der Waals surface area contributed by atoms with Crippen molar-refractivity contribution >= 4 is 32.8 Å². The first-order chi connectivity index (χ1) is 6.61. The lowest BCUT2D eigenvalue weighted by molar-refractivity contribution is 0.601. The molecule has 0 N–H and O–H groups in total. The van der Waals surface area contributed by atoms with E-state index in [2.05, 4.69) is 4.98 Å². The minimum absolute atomic E-state index is 0.0990. The van der Waals surface area contributed by atoms with Crippen molar-refractivity contribution in [2.45, 2.75) is 18.2 Å². The Labute approximate surface area is 92.0 Å². The molecule has 6 heteroatoms. The number of aromatic nitrogens is 1. The monoisotopic (exact) mass is 251 g/mol. The quantitative estimate of drug-likeness (QED) is 0.753. The molecule has 0 amide bonds. The lowest BCUT2D eigenvalue weighted by Crippen LogP contribution is -2.03. The maximum Gasteiger partial charge on any atom is 0.151 e. The number of alkyl halides is 1. The molecule has 1 atom stereocenters. The van der Waals surface area contributed by atoms with Crippen molar-refractivity contribution < 1.29 is 8.42 Å². The standard InChI is InChI=1S/C8H10ClNO2S2/c9-3-7-4-10-8(13-7)6-1-2-14(11,12)5-6/h4,6H,1-3,5H2. The summed E-state index contributed by atoms with van der Waals surface area (Å²) in [5, 5.41) is 0.918. The Balaban J connectivity index is 2.17. The zero-order chi connectivity index (χ0) is 10.2. The van der Waals surface area contributed by atoms with Crippen LogP contribution in [0.25, 0.3) is 0 Å². The third kappa shape index (κ3) is 2.10. The van der Waals surface area contributed by atoms with Crippen molar-refractivity contribution in [2.75, 3.05) is 11.5 Å². The molecule has 1 aliphatic heterocycles. The highest BCUT2D eigenvalue weighted by Crippen LogP contribution is 2.31. The first-order valence-electron chi connectivity index (χ1n) is 4.32. The average molecular weight is 252 g/mol. The van der Waals surface area contributed by atoms with Gasteiger partial charge in [-0.2, -0.15) is 0 Å². The number of sulfone groups is 1. The Morgan fingerprint density at radius 1 is 1.64 bits per heavy atom. The SMILES string of the molecule is O=S1(=O)CCC(c2ncc(CCl)s2)C1. The van der Waals surface area contributed by atoms with Gasteiger partial charge in [0.1, 0.15) is 0 Å². The lowest BCUT2D eigenvalue weighted by Gasteiger charge is -2.00. The molecule has 2 rings (SSSR count). The van der Waals surface area contributed by atoms with Gasteiger partial charge in [-0.15, -0.1) is 22.9 Å². The summed E-state index contributed by atoms with van der Waals surface area (Å²) >= 11 is 7.18. The number of hydrogen-bond acceptors (Lipinski definition) is 4. The Kier molecular flexibility index (Phi) is 2.81. The second-order valence-corrected chi connectivity index (χ2v) is 7.04. The molecule has 3 nitrogen and oxygen atoms in total. The molecule has 1 fully saturated rings. The second-order valence-electron chi connectivity index (χ2n) is 3.40. The zero-order valence-corrected chi connectivity index (χ0v) is 9.83. The Bertz CT molecular complexity index is 426. The fourth-order valence-electron chi connectivity index (χ4n) is 1.56. The van der Waals surface area contributed by atoms with Crippen LogP contribution in [0.2, 0.25) is 0 Å². The predicted octanol–water partition coefficient (Wildman–Crippen LogP) is 1.78. The topological polar surface area (TPSA) is 47.0 Å². The molecule has 1 saturated heterocycles. The highest BCUT2D eigenvalue weighted by molar-refractivity contribution is 7.91. The van der Waals surface area contributed by atoms with E-state index in [9.17, 15) is 8.42 Å². The Morgan fingerprint density at radius 2 is 2.43 bits per heavy atom. The molecule has 78 valence electrons. The molecule has 0 saturated carbocycles. The van der Waals surface area contributed by atoms with Crippen LogP contribution in [-0.2, 0) is 15.7 Å². The van der Waals surface area contributed by atoms with E-state index >= 15 is 0 Å². The number of thiazole rings is 1. The van der Waals surface area contributed by atoms with Crippen molar-refractivity contribution in [3.63, 3.8) is 0 Å². The van der Waals surface area contributed by atoms with E-state index in [1.54, 1.807) is 6.20 Å². The molecule has 0 bridgehead atoms. The normalized spacial score (nSPS) is 25.4. The van der Waals surface area contributed by atoms with Gasteiger partial charge in [0.05, 0.1) is 22.4 Å². The average Bonchev–Trinajstić information content (AvgIpc) is 2.70. The molecular weight excluding hydrogens is 242 g/mol. The summed E-state index contributed by atoms with van der Waals surface area (Å²) in [4.78, 5) is 5.21. The number of rotatable bonds is 2. The van der Waals surface area contributed by atoms with Crippen LogP contribution in [0.5, 0.6) is 0 Å². The van der Waals surface area contributed by atoms with Gasteiger partial charge in [-0.05, 0) is 6.42 Å². The van der Waals surface area contributed by atoms with E-state index in [4.69, 9.17) is 11.6 Å². The maximum atomic E-state index is 11.2. The Morgan fingerprint density at radius 3 is 2.93 bits per heavy atom. The zero-order valence-electron chi connectivity index (χ0n) is 7.44. The Hall–Kier alpha value is -0.130. The van der Waals surface area contributed by atoms with Crippen LogP contribution in [0.15, 0.2) is 6.20 Å². The van der Waals surface area contributed by atoms with Crippen LogP contribution in [0.1, 0.15) is 22.2 Å². The largest absolute Gasteiger partial charge is 0.249 e. The van der Waals surface area contributed by atoms with E-state index in [0.717, 1.165) is 9.88 Å². The molecular formula is C8H10ClNO2S2. The van der Waals surface area contributed by atoms with Gasteiger partial charge in [-0.25, -0.2) is 13.4 Å². The van der Waals surface area contributed by atoms with E-state index in [0.29, 0.717) is 18.1 Å². The molecule has 2 heterocycles. The molecule has 0 aliphatic carbocycles. The highest BCUT2D eigenvalue weighted by atomic mass is 35.5. The molecule has 1 aromatic heterocycles. The van der Waals surface area contributed by atoms with Crippen molar-refractivity contribution in [3.05, 3.63) is 16.1 Å². The van der Waals surface area contributed by atoms with Gasteiger partial charge in [0.2, 0.25) is 0 Å². The summed E-state index contributed by atoms with van der Waals surface area (Å²) in [5.41, 5.74) is 0. The molecule has 14 heavy (non-hydrogen) atoms. The number of hydrogen-bond donors (Lipinski definition) is 0. The van der Waals surface area contributed by atoms with Gasteiger partial charge in [0.15, 0.2) is 9.84 Å². The van der Waals surface area contributed by atoms with Gasteiger partial charge in [-0.1, -0.05) is 0 Å². The first kappa shape index (κ1) is 10.4. The third-order valence-electron chi connectivity index (χ3n) is 2.28.